The number of anilines is 1. The lowest BCUT2D eigenvalue weighted by molar-refractivity contribution is -0.0474. The maximum absolute atomic E-state index is 13.0. The van der Waals surface area contributed by atoms with Gasteiger partial charge in [-0.25, -0.2) is 28.9 Å². The highest BCUT2D eigenvalue weighted by molar-refractivity contribution is 8.54. The molecule has 0 aliphatic carbocycles. The van der Waals surface area contributed by atoms with Crippen molar-refractivity contribution in [2.24, 2.45) is 0 Å². The molecule has 2 unspecified atom stereocenters. The number of ether oxygens (including phenoxy) is 2. The molecule has 21 heteroatoms. The van der Waals surface area contributed by atoms with E-state index >= 15 is 0 Å². The molecule has 0 saturated carbocycles. The van der Waals surface area contributed by atoms with E-state index in [9.17, 15) is 28.5 Å². The van der Waals surface area contributed by atoms with Gasteiger partial charge in [-0.15, -0.1) is 0 Å². The lowest BCUT2D eigenvalue weighted by Gasteiger charge is -2.26. The number of hydrogen-bond acceptors (Lipinski definition) is 14. The van der Waals surface area contributed by atoms with E-state index in [0.29, 0.717) is 22.5 Å². The minimum atomic E-state index is -4.70. The average molecular weight is 619 g/mol. The molecule has 3 aliphatic heterocycles. The summed E-state index contributed by atoms with van der Waals surface area (Å²) in [5, 5.41) is 0. The normalized spacial score (nSPS) is 37.0. The Kier molecular flexibility index (Phi) is 7.23. The van der Waals surface area contributed by atoms with Crippen molar-refractivity contribution in [2.75, 3.05) is 18.1 Å². The van der Waals surface area contributed by atoms with Crippen LogP contribution in [0.4, 0.5) is 5.82 Å². The van der Waals surface area contributed by atoms with Crippen LogP contribution in [0.15, 0.2) is 34.5 Å². The van der Waals surface area contributed by atoms with E-state index in [4.69, 9.17) is 28.8 Å². The average Bonchev–Trinajstić information content (AvgIpc) is 3.58. The Labute approximate surface area is 227 Å². The van der Waals surface area contributed by atoms with Crippen molar-refractivity contribution in [3.8, 4) is 0 Å². The Morgan fingerprint density at radius 3 is 2.50 bits per heavy atom. The number of hydrogen-bond donors (Lipinski definition) is 4. The van der Waals surface area contributed by atoms with Crippen molar-refractivity contribution >= 4 is 43.0 Å². The largest absolute Gasteiger partial charge is 0.472 e. The predicted molar refractivity (Wildman–Crippen MR) is 136 cm³/mol. The highest BCUT2D eigenvalue weighted by Crippen LogP contribution is 2.60. The van der Waals surface area contributed by atoms with Gasteiger partial charge >= 0.3 is 20.3 Å². The molecular formula is C19H23N7O11P2S. The van der Waals surface area contributed by atoms with Gasteiger partial charge in [-0.05, 0) is 11.4 Å². The lowest BCUT2D eigenvalue weighted by Crippen LogP contribution is -2.32. The van der Waals surface area contributed by atoms with Crippen LogP contribution in [0.1, 0.15) is 25.3 Å². The Balaban J connectivity index is 1.23. The second kappa shape index (κ2) is 10.4. The number of phosphoric acid groups is 1. The molecule has 8 atom stereocenters. The standard InChI is InChI=1S/C19H23N7O11P2S/c20-17-16-18(22-7-21-17)26(8-23-16)15-4-10-12(35-15)6-40-39(31,32)37-9-3-14(25-2-1-13(27)24-19(25)28)34-11(9)5-33-38(29,30)36-10/h1-2,7-12,14-15H,3-6H2,(H,29,30)(H,31,32)(H2,20,21,22)(H,24,27,28)/t9-,10-,11+,12+,14+,15+/m0/s1. The minimum absolute atomic E-state index is 0.0465. The van der Waals surface area contributed by atoms with Crippen molar-refractivity contribution in [3.63, 3.8) is 0 Å². The lowest BCUT2D eigenvalue weighted by atomic mass is 10.2. The highest BCUT2D eigenvalue weighted by Gasteiger charge is 2.47. The second-order valence-electron chi connectivity index (χ2n) is 9.15. The van der Waals surface area contributed by atoms with Crippen LogP contribution in [-0.4, -0.2) is 75.6 Å². The smallest absolute Gasteiger partial charge is 0.382 e. The SMILES string of the molecule is Nc1ncnc2c1ncn2[C@H]1C[C@@H]2OP(=O)(O)OC[C@H]3O[C@@H](n4ccc(=O)[nH]c4=O)C[C@@H]3OP(=O)(O)SC[C@H]2O1. The van der Waals surface area contributed by atoms with E-state index in [1.54, 1.807) is 4.57 Å². The molecular weight excluding hydrogens is 596 g/mol. The maximum Gasteiger partial charge on any atom is 0.472 e. The van der Waals surface area contributed by atoms with Crippen molar-refractivity contribution in [2.45, 2.75) is 49.7 Å². The van der Waals surface area contributed by atoms with E-state index in [1.165, 1.54) is 18.9 Å². The van der Waals surface area contributed by atoms with Gasteiger partial charge in [0.1, 0.15) is 42.6 Å². The van der Waals surface area contributed by atoms with Gasteiger partial charge in [-0.3, -0.25) is 32.5 Å². The van der Waals surface area contributed by atoms with E-state index in [1.807, 2.05) is 0 Å². The summed E-state index contributed by atoms with van der Waals surface area (Å²) in [5.74, 6) is 0.00633. The van der Waals surface area contributed by atoms with E-state index in [-0.39, 0.29) is 24.4 Å². The summed E-state index contributed by atoms with van der Waals surface area (Å²) < 4.78 is 56.5. The summed E-state index contributed by atoms with van der Waals surface area (Å²) in [7, 11) is -4.70. The van der Waals surface area contributed by atoms with Crippen molar-refractivity contribution < 1.29 is 42.0 Å². The Bertz CT molecular complexity index is 1650. The fourth-order valence-corrected chi connectivity index (χ4v) is 8.47. The van der Waals surface area contributed by atoms with E-state index < -0.39 is 69.3 Å². The number of fused-ring (bicyclic) bond motifs is 3. The summed E-state index contributed by atoms with van der Waals surface area (Å²) in [5.41, 5.74) is 5.17. The topological polar surface area (TPSA) is 245 Å². The Hall–Kier alpha value is -2.44. The molecule has 6 heterocycles. The number of nitrogens with two attached hydrogens (primary N) is 1. The molecule has 0 aromatic carbocycles. The van der Waals surface area contributed by atoms with Gasteiger partial charge < -0.3 is 25.0 Å². The van der Waals surface area contributed by atoms with Crippen LogP contribution >= 0.6 is 26.0 Å². The number of nitrogen functional groups attached to an aromatic ring is 1. The quantitative estimate of drug-likeness (QED) is 0.281. The highest BCUT2D eigenvalue weighted by atomic mass is 32.7. The van der Waals surface area contributed by atoms with Crippen molar-refractivity contribution in [1.82, 2.24) is 29.1 Å². The number of rotatable bonds is 2. The first-order valence-electron chi connectivity index (χ1n) is 11.8. The molecule has 0 spiro atoms. The molecule has 216 valence electrons. The first kappa shape index (κ1) is 27.7. The number of nitrogens with zero attached hydrogens (tertiary/aromatic N) is 5. The van der Waals surface area contributed by atoms with Crippen LogP contribution in [0, 0.1) is 0 Å². The molecule has 3 aromatic heterocycles. The fourth-order valence-electron chi connectivity index (χ4n) is 4.74. The van der Waals surface area contributed by atoms with Gasteiger partial charge in [0.15, 0.2) is 11.5 Å². The summed E-state index contributed by atoms with van der Waals surface area (Å²) in [6, 6.07) is 1.11. The molecule has 3 fully saturated rings. The van der Waals surface area contributed by atoms with Gasteiger partial charge in [0.25, 0.3) is 5.56 Å². The van der Waals surface area contributed by atoms with Crippen molar-refractivity contribution in [1.29, 1.82) is 0 Å². The number of H-pyrrole nitrogens is 1. The molecule has 3 aromatic rings. The van der Waals surface area contributed by atoms with Crippen LogP contribution in [0.3, 0.4) is 0 Å². The molecule has 5 N–H and O–H groups in total. The zero-order valence-corrected chi connectivity index (χ0v) is 22.9. The van der Waals surface area contributed by atoms with Gasteiger partial charge in [0, 0.05) is 30.9 Å². The number of aromatic nitrogens is 6. The van der Waals surface area contributed by atoms with Gasteiger partial charge in [-0.1, -0.05) is 0 Å². The third-order valence-electron chi connectivity index (χ3n) is 6.56. The molecule has 3 saturated heterocycles. The summed E-state index contributed by atoms with van der Waals surface area (Å²) >= 11 is 0.556. The molecule has 0 amide bonds. The Morgan fingerprint density at radius 1 is 1.00 bits per heavy atom. The summed E-state index contributed by atoms with van der Waals surface area (Å²) in [6.07, 6.45) is -2.13. The summed E-state index contributed by atoms with van der Waals surface area (Å²) in [4.78, 5) is 59.1. The first-order chi connectivity index (χ1) is 19.0. The molecule has 3 aliphatic rings. The minimum Gasteiger partial charge on any atom is -0.382 e. The van der Waals surface area contributed by atoms with E-state index in [2.05, 4.69) is 19.9 Å². The van der Waals surface area contributed by atoms with Crippen LogP contribution in [-0.2, 0) is 32.2 Å². The van der Waals surface area contributed by atoms with Gasteiger partial charge in [-0.2, -0.15) is 0 Å². The Morgan fingerprint density at radius 2 is 1.73 bits per heavy atom. The van der Waals surface area contributed by atoms with Gasteiger partial charge in [0.2, 0.25) is 0 Å². The van der Waals surface area contributed by atoms with Crippen LogP contribution < -0.4 is 17.0 Å². The number of aromatic amines is 1. The maximum atomic E-state index is 13.0. The second-order valence-corrected chi connectivity index (χ2v) is 14.5. The fraction of sp³-hybridized carbons (Fsp3) is 0.526. The molecule has 6 rings (SSSR count). The predicted octanol–water partition coefficient (Wildman–Crippen LogP) is 0.268. The number of phosphoric ester groups is 1. The van der Waals surface area contributed by atoms with Crippen LogP contribution in [0.2, 0.25) is 0 Å². The van der Waals surface area contributed by atoms with Crippen molar-refractivity contribution in [3.05, 3.63) is 45.8 Å². The van der Waals surface area contributed by atoms with Gasteiger partial charge in [0.05, 0.1) is 19.0 Å². The third kappa shape index (κ3) is 5.54. The first-order valence-corrected chi connectivity index (χ1v) is 16.5. The third-order valence-corrected chi connectivity index (χ3v) is 10.6. The molecule has 0 bridgehead atoms. The molecule has 18 nitrogen and oxygen atoms in total. The monoisotopic (exact) mass is 619 g/mol. The zero-order valence-electron chi connectivity index (χ0n) is 20.3. The van der Waals surface area contributed by atoms with E-state index in [0.717, 1.165) is 10.6 Å². The molecule has 0 radical (unpaired) electrons. The van der Waals surface area contributed by atoms with Crippen LogP contribution in [0.5, 0.6) is 0 Å². The summed E-state index contributed by atoms with van der Waals surface area (Å²) in [6.45, 7) is -4.91. The van der Waals surface area contributed by atoms with Crippen LogP contribution in [0.25, 0.3) is 11.2 Å². The molecule has 40 heavy (non-hydrogen) atoms. The number of imidazole rings is 1. The zero-order chi connectivity index (χ0) is 28.2. The number of nitrogens with one attached hydrogen (secondary N) is 1.